The van der Waals surface area contributed by atoms with Gasteiger partial charge in [-0.05, 0) is 30.7 Å². The van der Waals surface area contributed by atoms with Crippen LogP contribution in [0.2, 0.25) is 0 Å². The van der Waals surface area contributed by atoms with Gasteiger partial charge in [0.1, 0.15) is 17.3 Å². The fraction of sp³-hybridized carbons (Fsp3) is 0.167. The normalized spacial score (nSPS) is 11.4. The Bertz CT molecular complexity index is 1110. The summed E-state index contributed by atoms with van der Waals surface area (Å²) in [5.74, 6) is -1.54. The number of ether oxygens (including phenoxy) is 1. The van der Waals surface area contributed by atoms with Gasteiger partial charge in [0, 0.05) is 6.42 Å². The Balaban J connectivity index is 2.09. The summed E-state index contributed by atoms with van der Waals surface area (Å²) in [6, 6.07) is 12.4. The molecule has 0 aliphatic carbocycles. The second kappa shape index (κ2) is 7.87. The monoisotopic (exact) mass is 404 g/mol. The van der Waals surface area contributed by atoms with Crippen LogP contribution in [0, 0.1) is 5.82 Å². The van der Waals surface area contributed by atoms with Gasteiger partial charge in [-0.3, -0.25) is 0 Å². The fourth-order valence-electron chi connectivity index (χ4n) is 2.55. The van der Waals surface area contributed by atoms with Gasteiger partial charge in [-0.15, -0.1) is 5.10 Å². The van der Waals surface area contributed by atoms with Crippen LogP contribution in [0.5, 0.6) is 0 Å². The number of benzene rings is 2. The van der Waals surface area contributed by atoms with E-state index in [9.17, 15) is 17.6 Å². The van der Waals surface area contributed by atoms with Crippen LogP contribution in [-0.2, 0) is 21.2 Å². The summed E-state index contributed by atoms with van der Waals surface area (Å²) in [5.41, 5.74) is 0.800. The van der Waals surface area contributed by atoms with Crippen LogP contribution in [0.1, 0.15) is 28.9 Å². The number of primary sulfonamides is 1. The van der Waals surface area contributed by atoms with Gasteiger partial charge in [-0.2, -0.15) is 0 Å². The molecule has 1 aromatic heterocycles. The standard InChI is InChI=1S/C18H17FN4O4S/c1-2-27-18(24)17-21-16(10-12-6-4-3-5-7-12)23(22-17)15-9-8-13(11-14(15)19)28(20,25)26/h3-9,11H,2,10H2,1H3,(H2,20,25,26). The van der Waals surface area contributed by atoms with E-state index in [0.717, 1.165) is 22.4 Å². The van der Waals surface area contributed by atoms with Crippen molar-refractivity contribution in [3.63, 3.8) is 0 Å². The minimum absolute atomic E-state index is 0.0682. The topological polar surface area (TPSA) is 117 Å². The van der Waals surface area contributed by atoms with E-state index >= 15 is 0 Å². The number of nitrogens with zero attached hydrogens (tertiary/aromatic N) is 3. The lowest BCUT2D eigenvalue weighted by Crippen LogP contribution is -2.13. The highest BCUT2D eigenvalue weighted by molar-refractivity contribution is 7.89. The maximum atomic E-state index is 14.6. The number of hydrogen-bond donors (Lipinski definition) is 1. The van der Waals surface area contributed by atoms with E-state index in [1.54, 1.807) is 6.92 Å². The first-order chi connectivity index (χ1) is 13.3. The minimum atomic E-state index is -4.06. The SMILES string of the molecule is CCOC(=O)c1nc(Cc2ccccc2)n(-c2ccc(S(N)(=O)=O)cc2F)n1. The predicted molar refractivity (Wildman–Crippen MR) is 97.9 cm³/mol. The molecular weight excluding hydrogens is 387 g/mol. The molecule has 0 amide bonds. The molecule has 28 heavy (non-hydrogen) atoms. The minimum Gasteiger partial charge on any atom is -0.460 e. The molecule has 0 aliphatic heterocycles. The molecule has 10 heteroatoms. The van der Waals surface area contributed by atoms with Crippen molar-refractivity contribution in [1.29, 1.82) is 0 Å². The van der Waals surface area contributed by atoms with Crippen LogP contribution in [0.15, 0.2) is 53.4 Å². The van der Waals surface area contributed by atoms with Crippen LogP contribution in [0.4, 0.5) is 4.39 Å². The Morgan fingerprint density at radius 2 is 1.93 bits per heavy atom. The summed E-state index contributed by atoms with van der Waals surface area (Å²) in [5, 5.41) is 9.09. The molecule has 0 saturated heterocycles. The zero-order valence-electron chi connectivity index (χ0n) is 14.9. The Morgan fingerprint density at radius 1 is 1.21 bits per heavy atom. The molecule has 146 valence electrons. The van der Waals surface area contributed by atoms with Gasteiger partial charge in [-0.25, -0.2) is 32.4 Å². The molecule has 0 unspecified atom stereocenters. The van der Waals surface area contributed by atoms with Crippen LogP contribution < -0.4 is 5.14 Å². The van der Waals surface area contributed by atoms with Gasteiger partial charge in [0.2, 0.25) is 10.0 Å². The summed E-state index contributed by atoms with van der Waals surface area (Å²) >= 11 is 0. The number of esters is 1. The number of carbonyl (C=O) groups is 1. The van der Waals surface area contributed by atoms with Crippen molar-refractivity contribution in [2.24, 2.45) is 5.14 Å². The first-order valence-electron chi connectivity index (χ1n) is 8.29. The number of aromatic nitrogens is 3. The summed E-state index contributed by atoms with van der Waals surface area (Å²) < 4.78 is 43.5. The summed E-state index contributed by atoms with van der Waals surface area (Å²) in [6.45, 7) is 1.78. The summed E-state index contributed by atoms with van der Waals surface area (Å²) in [7, 11) is -4.06. The van der Waals surface area contributed by atoms with Gasteiger partial charge in [0.05, 0.1) is 11.5 Å². The zero-order chi connectivity index (χ0) is 20.3. The van der Waals surface area contributed by atoms with Crippen LogP contribution in [0.3, 0.4) is 0 Å². The Morgan fingerprint density at radius 3 is 2.54 bits per heavy atom. The molecule has 0 saturated carbocycles. The van der Waals surface area contributed by atoms with Gasteiger partial charge < -0.3 is 4.74 Å². The molecule has 0 aliphatic rings. The van der Waals surface area contributed by atoms with Crippen molar-refractivity contribution >= 4 is 16.0 Å². The maximum absolute atomic E-state index is 14.6. The van der Waals surface area contributed by atoms with Crippen molar-refractivity contribution in [2.45, 2.75) is 18.2 Å². The molecular formula is C18H17FN4O4S. The van der Waals surface area contributed by atoms with E-state index in [4.69, 9.17) is 9.88 Å². The molecule has 1 heterocycles. The van der Waals surface area contributed by atoms with Crippen LogP contribution in [-0.4, -0.2) is 35.8 Å². The second-order valence-electron chi connectivity index (χ2n) is 5.80. The second-order valence-corrected chi connectivity index (χ2v) is 7.37. The third kappa shape index (κ3) is 4.24. The van der Waals surface area contributed by atoms with E-state index in [0.29, 0.717) is 0 Å². The number of hydrogen-bond acceptors (Lipinski definition) is 6. The molecule has 3 aromatic rings. The first kappa shape index (κ1) is 19.6. The van der Waals surface area contributed by atoms with Gasteiger partial charge in [0.25, 0.3) is 5.82 Å². The molecule has 0 radical (unpaired) electrons. The number of carbonyl (C=O) groups excluding carboxylic acids is 1. The van der Waals surface area contributed by atoms with Crippen molar-refractivity contribution in [3.05, 3.63) is 71.6 Å². The molecule has 2 aromatic carbocycles. The fourth-order valence-corrected chi connectivity index (χ4v) is 3.07. The lowest BCUT2D eigenvalue weighted by molar-refractivity contribution is 0.0512. The average Bonchev–Trinajstić information content (AvgIpc) is 3.05. The van der Waals surface area contributed by atoms with E-state index in [1.807, 2.05) is 30.3 Å². The molecule has 0 fully saturated rings. The number of halogens is 1. The molecule has 0 spiro atoms. The number of sulfonamides is 1. The number of rotatable bonds is 6. The Hall–Kier alpha value is -3.11. The zero-order valence-corrected chi connectivity index (χ0v) is 15.7. The van der Waals surface area contributed by atoms with E-state index in [1.165, 1.54) is 6.07 Å². The molecule has 0 bridgehead atoms. The van der Waals surface area contributed by atoms with Crippen molar-refractivity contribution in [3.8, 4) is 5.69 Å². The van der Waals surface area contributed by atoms with Crippen LogP contribution >= 0.6 is 0 Å². The highest BCUT2D eigenvalue weighted by atomic mass is 32.2. The van der Waals surface area contributed by atoms with Crippen molar-refractivity contribution in [2.75, 3.05) is 6.61 Å². The first-order valence-corrected chi connectivity index (χ1v) is 9.84. The summed E-state index contributed by atoms with van der Waals surface area (Å²) in [4.78, 5) is 15.8. The molecule has 8 nitrogen and oxygen atoms in total. The lowest BCUT2D eigenvalue weighted by Gasteiger charge is -2.08. The quantitative estimate of drug-likeness (QED) is 0.626. The highest BCUT2D eigenvalue weighted by Crippen LogP contribution is 2.20. The average molecular weight is 404 g/mol. The van der Waals surface area contributed by atoms with E-state index in [-0.39, 0.29) is 35.3 Å². The molecule has 0 atom stereocenters. The Kier molecular flexibility index (Phi) is 5.52. The summed E-state index contributed by atoms with van der Waals surface area (Å²) in [6.07, 6.45) is 0.267. The van der Waals surface area contributed by atoms with Crippen molar-refractivity contribution < 1.29 is 22.3 Å². The van der Waals surface area contributed by atoms with Gasteiger partial charge in [0.15, 0.2) is 0 Å². The largest absolute Gasteiger partial charge is 0.460 e. The molecule has 3 rings (SSSR count). The van der Waals surface area contributed by atoms with E-state index < -0.39 is 21.8 Å². The third-order valence-electron chi connectivity index (χ3n) is 3.81. The van der Waals surface area contributed by atoms with E-state index in [2.05, 4.69) is 10.1 Å². The maximum Gasteiger partial charge on any atom is 0.378 e. The lowest BCUT2D eigenvalue weighted by atomic mass is 10.1. The third-order valence-corrected chi connectivity index (χ3v) is 4.72. The predicted octanol–water partition coefficient (Wildman–Crippen LogP) is 1.82. The van der Waals surface area contributed by atoms with Crippen molar-refractivity contribution in [1.82, 2.24) is 14.8 Å². The highest BCUT2D eigenvalue weighted by Gasteiger charge is 2.21. The smallest absolute Gasteiger partial charge is 0.378 e. The van der Waals surface area contributed by atoms with Gasteiger partial charge in [-0.1, -0.05) is 30.3 Å². The number of nitrogens with two attached hydrogens (primary N) is 1. The Labute approximate surface area is 160 Å². The van der Waals surface area contributed by atoms with Crippen LogP contribution in [0.25, 0.3) is 5.69 Å². The van der Waals surface area contributed by atoms with Gasteiger partial charge >= 0.3 is 5.97 Å². The molecule has 2 N–H and O–H groups in total.